The van der Waals surface area contributed by atoms with Crippen molar-refractivity contribution in [1.82, 2.24) is 0 Å². The summed E-state index contributed by atoms with van der Waals surface area (Å²) < 4.78 is 6.26. The van der Waals surface area contributed by atoms with Crippen LogP contribution in [0.3, 0.4) is 0 Å². The van der Waals surface area contributed by atoms with Gasteiger partial charge in [-0.15, -0.1) is 0 Å². The fraction of sp³-hybridized carbons (Fsp3) is 0.889. The molecule has 1 aliphatic rings. The molecule has 0 fully saturated rings. The molecule has 0 aliphatic heterocycles. The Hall–Kier alpha value is -0.243. The van der Waals surface area contributed by atoms with E-state index in [1.165, 1.54) is 89.2 Å². The van der Waals surface area contributed by atoms with Crippen molar-refractivity contribution < 1.29 is 4.43 Å². The highest BCUT2D eigenvalue weighted by Gasteiger charge is 2.17. The molecule has 0 saturated carbocycles. The zero-order valence-corrected chi connectivity index (χ0v) is 15.2. The molecule has 0 amide bonds. The zero-order chi connectivity index (χ0) is 14.7. The average molecular weight is 297 g/mol. The summed E-state index contributed by atoms with van der Waals surface area (Å²) >= 11 is 0. The average Bonchev–Trinajstić information content (AvgIpc) is 2.37. The van der Waals surface area contributed by atoms with Gasteiger partial charge in [0.05, 0.1) is 5.76 Å². The SMILES string of the molecule is C[Si](C)(C)O/C1=C/CCCCCCCCCCCCC1. The van der Waals surface area contributed by atoms with Gasteiger partial charge in [-0.1, -0.05) is 57.8 Å². The van der Waals surface area contributed by atoms with Crippen molar-refractivity contribution >= 4 is 8.32 Å². The molecular formula is C18H36OSi. The molecule has 0 aromatic carbocycles. The van der Waals surface area contributed by atoms with E-state index in [2.05, 4.69) is 25.7 Å². The van der Waals surface area contributed by atoms with E-state index in [1.807, 2.05) is 0 Å². The van der Waals surface area contributed by atoms with Crippen molar-refractivity contribution in [3.8, 4) is 0 Å². The van der Waals surface area contributed by atoms with Crippen molar-refractivity contribution in [2.45, 2.75) is 103 Å². The van der Waals surface area contributed by atoms with Crippen molar-refractivity contribution in [2.75, 3.05) is 0 Å². The first-order valence-corrected chi connectivity index (χ1v) is 12.4. The molecule has 1 aliphatic carbocycles. The first kappa shape index (κ1) is 17.8. The normalized spacial score (nSPS) is 24.1. The molecule has 118 valence electrons. The lowest BCUT2D eigenvalue weighted by Gasteiger charge is -2.22. The fourth-order valence-corrected chi connectivity index (χ4v) is 3.86. The van der Waals surface area contributed by atoms with E-state index in [0.29, 0.717) is 0 Å². The Morgan fingerprint density at radius 1 is 0.700 bits per heavy atom. The molecule has 2 heteroatoms. The van der Waals surface area contributed by atoms with Crippen LogP contribution in [0.2, 0.25) is 19.6 Å². The van der Waals surface area contributed by atoms with E-state index in [1.54, 1.807) is 0 Å². The van der Waals surface area contributed by atoms with Crippen LogP contribution in [-0.2, 0) is 4.43 Å². The lowest BCUT2D eigenvalue weighted by Crippen LogP contribution is -2.24. The second-order valence-corrected chi connectivity index (χ2v) is 11.7. The van der Waals surface area contributed by atoms with Gasteiger partial charge in [0, 0.05) is 6.42 Å². The summed E-state index contributed by atoms with van der Waals surface area (Å²) in [6, 6.07) is 0. The minimum atomic E-state index is -1.43. The topological polar surface area (TPSA) is 9.23 Å². The van der Waals surface area contributed by atoms with E-state index < -0.39 is 8.32 Å². The van der Waals surface area contributed by atoms with E-state index in [-0.39, 0.29) is 0 Å². The lowest BCUT2D eigenvalue weighted by molar-refractivity contribution is 0.388. The van der Waals surface area contributed by atoms with Crippen molar-refractivity contribution in [1.29, 1.82) is 0 Å². The molecule has 0 atom stereocenters. The van der Waals surface area contributed by atoms with Crippen LogP contribution in [0.15, 0.2) is 11.8 Å². The Bertz CT molecular complexity index is 265. The van der Waals surface area contributed by atoms with Gasteiger partial charge >= 0.3 is 0 Å². The van der Waals surface area contributed by atoms with Crippen LogP contribution in [0.4, 0.5) is 0 Å². The molecule has 0 unspecified atom stereocenters. The third-order valence-electron chi connectivity index (χ3n) is 3.94. The number of rotatable bonds is 2. The molecule has 1 nitrogen and oxygen atoms in total. The molecule has 0 bridgehead atoms. The van der Waals surface area contributed by atoms with E-state index in [4.69, 9.17) is 4.43 Å². The number of hydrogen-bond acceptors (Lipinski definition) is 1. The quantitative estimate of drug-likeness (QED) is 0.509. The third kappa shape index (κ3) is 10.5. The Morgan fingerprint density at radius 3 is 1.65 bits per heavy atom. The van der Waals surface area contributed by atoms with Gasteiger partial charge < -0.3 is 4.43 Å². The van der Waals surface area contributed by atoms with Crippen LogP contribution in [-0.4, -0.2) is 8.32 Å². The highest BCUT2D eigenvalue weighted by atomic mass is 28.4. The first-order chi connectivity index (χ1) is 9.58. The summed E-state index contributed by atoms with van der Waals surface area (Å²) in [5, 5.41) is 0. The predicted molar refractivity (Wildman–Crippen MR) is 92.5 cm³/mol. The molecule has 0 aromatic rings. The van der Waals surface area contributed by atoms with E-state index in [0.717, 1.165) is 0 Å². The van der Waals surface area contributed by atoms with Gasteiger partial charge in [0.1, 0.15) is 0 Å². The zero-order valence-electron chi connectivity index (χ0n) is 14.2. The largest absolute Gasteiger partial charge is 0.548 e. The first-order valence-electron chi connectivity index (χ1n) is 8.96. The Morgan fingerprint density at radius 2 is 1.15 bits per heavy atom. The summed E-state index contributed by atoms with van der Waals surface area (Å²) in [5.74, 6) is 1.30. The Labute approximate surface area is 128 Å². The minimum Gasteiger partial charge on any atom is -0.548 e. The molecule has 0 radical (unpaired) electrons. The van der Waals surface area contributed by atoms with Crippen LogP contribution in [0.1, 0.15) is 83.5 Å². The Balaban J connectivity index is 2.41. The van der Waals surface area contributed by atoms with Crippen LogP contribution >= 0.6 is 0 Å². The van der Waals surface area contributed by atoms with Crippen LogP contribution in [0.5, 0.6) is 0 Å². The molecule has 0 spiro atoms. The standard InChI is InChI=1S/C18H36OSi/c1-20(2,3)19-18-16-14-12-10-8-6-4-5-7-9-11-13-15-17-18/h16H,4-15,17H2,1-3H3/b18-16+. The fourth-order valence-electron chi connectivity index (χ4n) is 2.89. The van der Waals surface area contributed by atoms with E-state index in [9.17, 15) is 0 Å². The molecule has 0 heterocycles. The maximum atomic E-state index is 6.26. The highest BCUT2D eigenvalue weighted by molar-refractivity contribution is 6.70. The van der Waals surface area contributed by atoms with Gasteiger partial charge in [-0.2, -0.15) is 0 Å². The van der Waals surface area contributed by atoms with Crippen LogP contribution in [0, 0.1) is 0 Å². The van der Waals surface area contributed by atoms with E-state index >= 15 is 0 Å². The summed E-state index contributed by atoms with van der Waals surface area (Å²) in [6.45, 7) is 6.88. The number of hydrogen-bond donors (Lipinski definition) is 0. The maximum Gasteiger partial charge on any atom is 0.241 e. The van der Waals surface area contributed by atoms with Crippen LogP contribution in [0.25, 0.3) is 0 Å². The second-order valence-electron chi connectivity index (χ2n) is 7.31. The Kier molecular flexibility index (Phi) is 9.33. The van der Waals surface area contributed by atoms with Crippen molar-refractivity contribution in [3.05, 3.63) is 11.8 Å². The van der Waals surface area contributed by atoms with Gasteiger partial charge in [-0.25, -0.2) is 0 Å². The third-order valence-corrected chi connectivity index (χ3v) is 4.81. The summed E-state index contributed by atoms with van der Waals surface area (Å²) in [4.78, 5) is 0. The smallest absolute Gasteiger partial charge is 0.241 e. The predicted octanol–water partition coefficient (Wildman–Crippen LogP) is 6.81. The molecular weight excluding hydrogens is 260 g/mol. The second kappa shape index (κ2) is 10.5. The van der Waals surface area contributed by atoms with Gasteiger partial charge in [0.2, 0.25) is 8.32 Å². The van der Waals surface area contributed by atoms with Gasteiger partial charge in [-0.3, -0.25) is 0 Å². The lowest BCUT2D eigenvalue weighted by atomic mass is 10.1. The molecule has 0 saturated heterocycles. The van der Waals surface area contributed by atoms with Gasteiger partial charge in [0.15, 0.2) is 0 Å². The number of allylic oxidation sites excluding steroid dienone is 2. The van der Waals surface area contributed by atoms with Gasteiger partial charge in [0.25, 0.3) is 0 Å². The highest BCUT2D eigenvalue weighted by Crippen LogP contribution is 2.20. The summed E-state index contributed by atoms with van der Waals surface area (Å²) in [6.07, 6.45) is 20.3. The molecule has 1 rings (SSSR count). The van der Waals surface area contributed by atoms with Crippen molar-refractivity contribution in [3.63, 3.8) is 0 Å². The van der Waals surface area contributed by atoms with Crippen LogP contribution < -0.4 is 0 Å². The summed E-state index contributed by atoms with van der Waals surface area (Å²) in [5.41, 5.74) is 0. The minimum absolute atomic E-state index is 1.17. The maximum absolute atomic E-state index is 6.26. The molecule has 0 N–H and O–H groups in total. The summed E-state index contributed by atoms with van der Waals surface area (Å²) in [7, 11) is -1.43. The van der Waals surface area contributed by atoms with Gasteiger partial charge in [-0.05, 0) is 45.0 Å². The monoisotopic (exact) mass is 296 g/mol. The molecule has 20 heavy (non-hydrogen) atoms. The molecule has 0 aromatic heterocycles. The van der Waals surface area contributed by atoms with Crippen molar-refractivity contribution in [2.24, 2.45) is 0 Å².